The normalized spacial score (nSPS) is 18.9. The Morgan fingerprint density at radius 3 is 3.11 bits per heavy atom. The molecule has 0 bridgehead atoms. The molecular formula is C13H17FN2OS2. The Kier molecular flexibility index (Phi) is 5.13. The minimum Gasteiger partial charge on any atom is -0.507 e. The van der Waals surface area contributed by atoms with E-state index in [1.165, 1.54) is 18.2 Å². The summed E-state index contributed by atoms with van der Waals surface area (Å²) in [6.45, 7) is 1.77. The van der Waals surface area contributed by atoms with Crippen LogP contribution in [0.25, 0.3) is 0 Å². The Bertz CT molecular complexity index is 482. The first-order chi connectivity index (χ1) is 9.10. The Balaban J connectivity index is 2.08. The van der Waals surface area contributed by atoms with E-state index in [0.29, 0.717) is 5.56 Å². The number of halogens is 1. The lowest BCUT2D eigenvalue weighted by atomic mass is 10.2. The molecule has 2 rings (SSSR count). The van der Waals surface area contributed by atoms with E-state index in [1.807, 2.05) is 7.05 Å². The van der Waals surface area contributed by atoms with Crippen molar-refractivity contribution in [3.63, 3.8) is 0 Å². The van der Waals surface area contributed by atoms with Gasteiger partial charge in [-0.1, -0.05) is 0 Å². The lowest BCUT2D eigenvalue weighted by molar-refractivity contribution is 0.340. The molecule has 6 heteroatoms. The number of aromatic hydroxyl groups is 1. The molecule has 0 fully saturated rings. The van der Waals surface area contributed by atoms with Crippen LogP contribution in [-0.4, -0.2) is 52.7 Å². The van der Waals surface area contributed by atoms with Crippen molar-refractivity contribution in [2.75, 3.05) is 31.6 Å². The number of likely N-dealkylation sites (N-methyl/N-ethyl adjacent to an activating group) is 1. The maximum Gasteiger partial charge on any atom is 0.125 e. The maximum atomic E-state index is 13.2. The van der Waals surface area contributed by atoms with Gasteiger partial charge < -0.3 is 10.0 Å². The van der Waals surface area contributed by atoms with E-state index in [-0.39, 0.29) is 17.6 Å². The summed E-state index contributed by atoms with van der Waals surface area (Å²) >= 11 is 5.76. The molecule has 19 heavy (non-hydrogen) atoms. The van der Waals surface area contributed by atoms with Crippen LogP contribution in [-0.2, 0) is 0 Å². The third kappa shape index (κ3) is 3.87. The zero-order chi connectivity index (χ0) is 13.8. The predicted molar refractivity (Wildman–Crippen MR) is 82.2 cm³/mol. The molecule has 0 spiro atoms. The monoisotopic (exact) mass is 300 g/mol. The topological polar surface area (TPSA) is 35.8 Å². The van der Waals surface area contributed by atoms with Crippen LogP contribution >= 0.6 is 24.4 Å². The maximum absolute atomic E-state index is 13.2. The summed E-state index contributed by atoms with van der Waals surface area (Å²) in [6, 6.07) is 4.14. The van der Waals surface area contributed by atoms with Crippen LogP contribution in [0.2, 0.25) is 0 Å². The highest BCUT2D eigenvalue weighted by molar-refractivity contribution is 8.14. The van der Waals surface area contributed by atoms with Gasteiger partial charge in [0.15, 0.2) is 0 Å². The van der Waals surface area contributed by atoms with Crippen LogP contribution in [0.1, 0.15) is 5.56 Å². The van der Waals surface area contributed by atoms with Crippen molar-refractivity contribution >= 4 is 29.4 Å². The van der Waals surface area contributed by atoms with Gasteiger partial charge in [0.25, 0.3) is 0 Å². The van der Waals surface area contributed by atoms with Gasteiger partial charge in [0.1, 0.15) is 16.6 Å². The molecule has 1 atom stereocenters. The Hall–Kier alpha value is -0.720. The van der Waals surface area contributed by atoms with E-state index < -0.39 is 0 Å². The van der Waals surface area contributed by atoms with Crippen molar-refractivity contribution in [1.29, 1.82) is 0 Å². The minimum absolute atomic E-state index is 0.0806. The minimum atomic E-state index is -0.355. The molecule has 3 nitrogen and oxygen atoms in total. The molecule has 0 saturated carbocycles. The lowest BCUT2D eigenvalue weighted by Crippen LogP contribution is -2.29. The molecule has 104 valence electrons. The second kappa shape index (κ2) is 6.63. The number of hydrogen-bond donors (Lipinski definition) is 2. The van der Waals surface area contributed by atoms with Crippen molar-refractivity contribution < 1.29 is 9.50 Å². The smallest absolute Gasteiger partial charge is 0.125 e. The van der Waals surface area contributed by atoms with Crippen molar-refractivity contribution in [2.45, 2.75) is 6.04 Å². The fraction of sp³-hybridized carbons (Fsp3) is 0.462. The van der Waals surface area contributed by atoms with E-state index in [9.17, 15) is 9.50 Å². The molecule has 0 aromatic heterocycles. The highest BCUT2D eigenvalue weighted by atomic mass is 32.2. The van der Waals surface area contributed by atoms with E-state index in [1.54, 1.807) is 11.8 Å². The summed E-state index contributed by atoms with van der Waals surface area (Å²) in [4.78, 5) is 6.75. The zero-order valence-corrected chi connectivity index (χ0v) is 12.4. The van der Waals surface area contributed by atoms with Gasteiger partial charge in [-0.15, -0.1) is 11.8 Å². The van der Waals surface area contributed by atoms with Gasteiger partial charge in [0.2, 0.25) is 0 Å². The largest absolute Gasteiger partial charge is 0.507 e. The van der Waals surface area contributed by atoms with Gasteiger partial charge >= 0.3 is 0 Å². The number of rotatable bonds is 5. The molecule has 1 aliphatic heterocycles. The molecule has 1 aromatic carbocycles. The highest BCUT2D eigenvalue weighted by Gasteiger charge is 2.22. The molecule has 1 N–H and O–H groups in total. The standard InChI is InChI=1S/C13H17FN2OS2/c1-16(4-5-18)7-10-8-19-13(15-10)11-6-9(14)2-3-12(11)17/h2-3,6,10,17-18H,4-5,7-8H2,1H3. The quantitative estimate of drug-likeness (QED) is 0.819. The summed E-state index contributed by atoms with van der Waals surface area (Å²) in [5, 5.41) is 10.5. The fourth-order valence-electron chi connectivity index (χ4n) is 1.96. The van der Waals surface area contributed by atoms with E-state index >= 15 is 0 Å². The zero-order valence-electron chi connectivity index (χ0n) is 10.7. The summed E-state index contributed by atoms with van der Waals surface area (Å²) in [5.41, 5.74) is 0.490. The molecule has 0 aliphatic carbocycles. The number of phenols is 1. The molecule has 0 amide bonds. The number of thiol groups is 1. The van der Waals surface area contributed by atoms with Crippen LogP contribution in [0, 0.1) is 5.82 Å². The summed E-state index contributed by atoms with van der Waals surface area (Å²) in [5.74, 6) is 1.41. The van der Waals surface area contributed by atoms with Gasteiger partial charge in [0.05, 0.1) is 11.6 Å². The molecular weight excluding hydrogens is 283 g/mol. The number of aliphatic imine (C=N–C) groups is 1. The van der Waals surface area contributed by atoms with Crippen molar-refractivity contribution in [3.8, 4) is 5.75 Å². The second-order valence-corrected chi connectivity index (χ2v) is 6.00. The third-order valence-electron chi connectivity index (χ3n) is 2.91. The van der Waals surface area contributed by atoms with Crippen molar-refractivity contribution in [3.05, 3.63) is 29.6 Å². The van der Waals surface area contributed by atoms with Crippen LogP contribution in [0.15, 0.2) is 23.2 Å². The predicted octanol–water partition coefficient (Wildman–Crippen LogP) is 2.25. The first-order valence-electron chi connectivity index (χ1n) is 6.09. The molecule has 1 aliphatic rings. The lowest BCUT2D eigenvalue weighted by Gasteiger charge is -2.17. The first kappa shape index (κ1) is 14.7. The summed E-state index contributed by atoms with van der Waals surface area (Å²) in [7, 11) is 2.04. The van der Waals surface area contributed by atoms with Crippen molar-refractivity contribution in [2.24, 2.45) is 4.99 Å². The average molecular weight is 300 g/mol. The first-order valence-corrected chi connectivity index (χ1v) is 7.71. The number of hydrogen-bond acceptors (Lipinski definition) is 5. The third-order valence-corrected chi connectivity index (χ3v) is 4.26. The number of thioether (sulfide) groups is 1. The molecule has 1 unspecified atom stereocenters. The molecule has 1 heterocycles. The average Bonchev–Trinajstić information content (AvgIpc) is 2.81. The molecule has 1 aromatic rings. The van der Waals surface area contributed by atoms with Crippen LogP contribution in [0.5, 0.6) is 5.75 Å². The van der Waals surface area contributed by atoms with E-state index in [0.717, 1.165) is 29.6 Å². The van der Waals surface area contributed by atoms with E-state index in [4.69, 9.17) is 0 Å². The van der Waals surface area contributed by atoms with Gasteiger partial charge in [-0.3, -0.25) is 4.99 Å². The SMILES string of the molecule is CN(CCS)CC1CSC(c2cc(F)ccc2O)=N1. The summed E-state index contributed by atoms with van der Waals surface area (Å²) < 4.78 is 13.2. The second-order valence-electron chi connectivity index (χ2n) is 4.55. The summed E-state index contributed by atoms with van der Waals surface area (Å²) in [6.07, 6.45) is 0. The number of phenolic OH excluding ortho intramolecular Hbond substituents is 1. The number of nitrogens with zero attached hydrogens (tertiary/aromatic N) is 2. The van der Waals surface area contributed by atoms with Crippen LogP contribution in [0.4, 0.5) is 4.39 Å². The Morgan fingerprint density at radius 2 is 2.37 bits per heavy atom. The van der Waals surface area contributed by atoms with Gasteiger partial charge in [-0.2, -0.15) is 12.6 Å². The van der Waals surface area contributed by atoms with Crippen molar-refractivity contribution in [1.82, 2.24) is 4.90 Å². The molecule has 0 saturated heterocycles. The Labute approximate surface area is 122 Å². The van der Waals surface area contributed by atoms with Gasteiger partial charge in [-0.05, 0) is 25.2 Å². The van der Waals surface area contributed by atoms with Gasteiger partial charge in [0, 0.05) is 24.6 Å². The number of benzene rings is 1. The van der Waals surface area contributed by atoms with Crippen LogP contribution in [0.3, 0.4) is 0 Å². The Morgan fingerprint density at radius 1 is 1.58 bits per heavy atom. The van der Waals surface area contributed by atoms with Crippen LogP contribution < -0.4 is 0 Å². The fourth-order valence-corrected chi connectivity index (χ4v) is 3.37. The van der Waals surface area contributed by atoms with E-state index in [2.05, 4.69) is 22.5 Å². The molecule has 0 radical (unpaired) electrons. The van der Waals surface area contributed by atoms with Gasteiger partial charge in [-0.25, -0.2) is 4.39 Å². The highest BCUT2D eigenvalue weighted by Crippen LogP contribution is 2.29.